The van der Waals surface area contributed by atoms with Crippen molar-refractivity contribution >= 4 is 38.7 Å². The summed E-state index contributed by atoms with van der Waals surface area (Å²) in [6, 6.07) is 8.99. The molecule has 0 aromatic heterocycles. The molecule has 1 saturated carbocycles. The minimum atomic E-state index is -3.98. The molecule has 0 radical (unpaired) electrons. The third-order valence-electron chi connectivity index (χ3n) is 5.37. The van der Waals surface area contributed by atoms with Gasteiger partial charge in [-0.05, 0) is 56.0 Å². The van der Waals surface area contributed by atoms with Crippen molar-refractivity contribution in [1.82, 2.24) is 0 Å². The largest absolute Gasteiger partial charge is 0.324 e. The Morgan fingerprint density at radius 1 is 1.14 bits per heavy atom. The zero-order valence-electron chi connectivity index (χ0n) is 16.1. The zero-order chi connectivity index (χ0) is 21.4. The number of aryl methyl sites for hydroxylation is 2. The summed E-state index contributed by atoms with van der Waals surface area (Å²) >= 11 is 5.82. The molecule has 1 N–H and O–H groups in total. The Bertz CT molecular complexity index is 1090. The number of rotatable bonds is 5. The lowest BCUT2D eigenvalue weighted by Gasteiger charge is -2.28. The van der Waals surface area contributed by atoms with E-state index < -0.39 is 25.4 Å². The summed E-state index contributed by atoms with van der Waals surface area (Å²) in [6.45, 7) is 3.50. The number of carbonyl (C=O) groups excluding carboxylic acids is 1. The number of amides is 1. The summed E-state index contributed by atoms with van der Waals surface area (Å²) in [4.78, 5) is 23.8. The van der Waals surface area contributed by atoms with E-state index in [0.717, 1.165) is 11.6 Å². The van der Waals surface area contributed by atoms with E-state index in [-0.39, 0.29) is 34.1 Å². The number of benzene rings is 2. The van der Waals surface area contributed by atoms with E-state index in [1.54, 1.807) is 26.0 Å². The first kappa shape index (κ1) is 21.3. The Morgan fingerprint density at radius 2 is 1.79 bits per heavy atom. The molecule has 1 fully saturated rings. The van der Waals surface area contributed by atoms with Crippen LogP contribution in [0.15, 0.2) is 41.3 Å². The molecular formula is C20H21ClN2O5S. The maximum atomic E-state index is 13.6. The quantitative estimate of drug-likeness (QED) is 0.544. The van der Waals surface area contributed by atoms with Crippen LogP contribution in [0.4, 0.5) is 11.4 Å². The number of nitro benzene ring substituents is 1. The van der Waals surface area contributed by atoms with Gasteiger partial charge in [-0.15, -0.1) is 0 Å². The molecule has 0 aliphatic heterocycles. The summed E-state index contributed by atoms with van der Waals surface area (Å²) in [6.07, 6.45) is 1.62. The summed E-state index contributed by atoms with van der Waals surface area (Å²) in [5, 5.41) is 13.6. The Balaban J connectivity index is 2.03. The fourth-order valence-corrected chi connectivity index (χ4v) is 6.31. The van der Waals surface area contributed by atoms with E-state index in [1.165, 1.54) is 12.1 Å². The molecule has 3 rings (SSSR count). The SMILES string of the molecule is Cc1ccc(C)c(S(=O)(=O)C2(C(=O)Nc3ccc(Cl)c([N+](=O)[O-])c3)CCCC2)c1. The van der Waals surface area contributed by atoms with Crippen molar-refractivity contribution in [1.29, 1.82) is 0 Å². The molecule has 29 heavy (non-hydrogen) atoms. The van der Waals surface area contributed by atoms with Gasteiger partial charge in [0.05, 0.1) is 9.82 Å². The van der Waals surface area contributed by atoms with E-state index in [2.05, 4.69) is 5.32 Å². The fraction of sp³-hybridized carbons (Fsp3) is 0.350. The van der Waals surface area contributed by atoms with E-state index in [1.807, 2.05) is 6.07 Å². The molecule has 2 aromatic carbocycles. The number of sulfone groups is 1. The summed E-state index contributed by atoms with van der Waals surface area (Å²) < 4.78 is 25.6. The molecule has 9 heteroatoms. The topological polar surface area (TPSA) is 106 Å². The normalized spacial score (nSPS) is 15.8. The monoisotopic (exact) mass is 436 g/mol. The van der Waals surface area contributed by atoms with Gasteiger partial charge in [0, 0.05) is 11.8 Å². The van der Waals surface area contributed by atoms with Gasteiger partial charge in [0.25, 0.3) is 5.69 Å². The van der Waals surface area contributed by atoms with Crippen LogP contribution in [0.3, 0.4) is 0 Å². The minimum Gasteiger partial charge on any atom is -0.324 e. The molecular weight excluding hydrogens is 416 g/mol. The maximum absolute atomic E-state index is 13.6. The number of hydrogen-bond donors (Lipinski definition) is 1. The smallest absolute Gasteiger partial charge is 0.289 e. The van der Waals surface area contributed by atoms with Gasteiger partial charge >= 0.3 is 0 Å². The van der Waals surface area contributed by atoms with Crippen molar-refractivity contribution < 1.29 is 18.1 Å². The van der Waals surface area contributed by atoms with Crippen LogP contribution in [-0.2, 0) is 14.6 Å². The minimum absolute atomic E-state index is 0.0633. The third-order valence-corrected chi connectivity index (χ3v) is 8.33. The van der Waals surface area contributed by atoms with Crippen LogP contribution < -0.4 is 5.32 Å². The Kier molecular flexibility index (Phi) is 5.69. The van der Waals surface area contributed by atoms with Gasteiger partial charge < -0.3 is 5.32 Å². The van der Waals surface area contributed by atoms with E-state index in [9.17, 15) is 23.3 Å². The Hall–Kier alpha value is -2.45. The highest BCUT2D eigenvalue weighted by atomic mass is 35.5. The predicted octanol–water partition coefficient (Wildman–Crippen LogP) is 4.59. The number of nitrogens with one attached hydrogen (secondary N) is 1. The van der Waals surface area contributed by atoms with Crippen molar-refractivity contribution in [3.63, 3.8) is 0 Å². The van der Waals surface area contributed by atoms with Crippen LogP contribution >= 0.6 is 11.6 Å². The number of hydrogen-bond acceptors (Lipinski definition) is 5. The molecule has 154 valence electrons. The van der Waals surface area contributed by atoms with Crippen molar-refractivity contribution in [2.75, 3.05) is 5.32 Å². The second kappa shape index (κ2) is 7.76. The second-order valence-electron chi connectivity index (χ2n) is 7.35. The van der Waals surface area contributed by atoms with E-state index in [4.69, 9.17) is 11.6 Å². The summed E-state index contributed by atoms with van der Waals surface area (Å²) in [7, 11) is -3.98. The average Bonchev–Trinajstić information content (AvgIpc) is 3.17. The van der Waals surface area contributed by atoms with Crippen molar-refractivity contribution in [2.45, 2.75) is 49.2 Å². The molecule has 0 atom stereocenters. The zero-order valence-corrected chi connectivity index (χ0v) is 17.6. The second-order valence-corrected chi connectivity index (χ2v) is 9.99. The molecule has 0 spiro atoms. The first-order chi connectivity index (χ1) is 13.6. The molecule has 7 nitrogen and oxygen atoms in total. The molecule has 0 unspecified atom stereocenters. The van der Waals surface area contributed by atoms with Gasteiger partial charge in [0.1, 0.15) is 5.02 Å². The van der Waals surface area contributed by atoms with Crippen LogP contribution in [0, 0.1) is 24.0 Å². The van der Waals surface area contributed by atoms with Crippen LogP contribution in [-0.4, -0.2) is 24.0 Å². The fourth-order valence-electron chi connectivity index (χ4n) is 3.75. The molecule has 0 saturated heterocycles. The number of anilines is 1. The Labute approximate surface area is 174 Å². The van der Waals surface area contributed by atoms with Gasteiger partial charge in [-0.25, -0.2) is 8.42 Å². The molecule has 1 amide bonds. The highest BCUT2D eigenvalue weighted by molar-refractivity contribution is 7.93. The van der Waals surface area contributed by atoms with Crippen LogP contribution in [0.1, 0.15) is 36.8 Å². The van der Waals surface area contributed by atoms with Gasteiger partial charge in [-0.1, -0.05) is 36.6 Å². The lowest BCUT2D eigenvalue weighted by Crippen LogP contribution is -2.47. The molecule has 0 bridgehead atoms. The average molecular weight is 437 g/mol. The molecule has 0 heterocycles. The lowest BCUT2D eigenvalue weighted by molar-refractivity contribution is -0.384. The van der Waals surface area contributed by atoms with Crippen molar-refractivity contribution in [3.05, 3.63) is 62.7 Å². The van der Waals surface area contributed by atoms with Gasteiger partial charge in [-0.2, -0.15) is 0 Å². The van der Waals surface area contributed by atoms with Gasteiger partial charge in [0.15, 0.2) is 14.6 Å². The molecule has 2 aromatic rings. The third kappa shape index (κ3) is 3.74. The maximum Gasteiger partial charge on any atom is 0.289 e. The summed E-state index contributed by atoms with van der Waals surface area (Å²) in [5.41, 5.74) is 1.14. The first-order valence-corrected chi connectivity index (χ1v) is 11.0. The highest BCUT2D eigenvalue weighted by Gasteiger charge is 2.53. The highest BCUT2D eigenvalue weighted by Crippen LogP contribution is 2.42. The number of nitrogens with zero attached hydrogens (tertiary/aromatic N) is 1. The predicted molar refractivity (Wildman–Crippen MR) is 111 cm³/mol. The standard InChI is InChI=1S/C20H21ClN2O5S/c1-13-5-6-14(2)18(11-13)29(27,28)20(9-3-4-10-20)19(24)22-15-7-8-16(21)17(12-15)23(25)26/h5-8,11-12H,3-4,9-10H2,1-2H3,(H,22,24). The van der Waals surface area contributed by atoms with Crippen LogP contribution in [0.2, 0.25) is 5.02 Å². The van der Waals surface area contributed by atoms with Gasteiger partial charge in [0.2, 0.25) is 5.91 Å². The van der Waals surface area contributed by atoms with Crippen LogP contribution in [0.25, 0.3) is 0 Å². The number of carbonyl (C=O) groups is 1. The number of nitro groups is 1. The lowest BCUT2D eigenvalue weighted by atomic mass is 10.1. The summed E-state index contributed by atoms with van der Waals surface area (Å²) in [5.74, 6) is -0.674. The molecule has 1 aliphatic rings. The van der Waals surface area contributed by atoms with Gasteiger partial charge in [-0.3, -0.25) is 14.9 Å². The molecule has 1 aliphatic carbocycles. The van der Waals surface area contributed by atoms with E-state index >= 15 is 0 Å². The Morgan fingerprint density at radius 3 is 2.41 bits per heavy atom. The van der Waals surface area contributed by atoms with E-state index in [0.29, 0.717) is 18.4 Å². The van der Waals surface area contributed by atoms with Crippen molar-refractivity contribution in [2.24, 2.45) is 0 Å². The number of halogens is 1. The van der Waals surface area contributed by atoms with Crippen LogP contribution in [0.5, 0.6) is 0 Å². The first-order valence-electron chi connectivity index (χ1n) is 9.16. The van der Waals surface area contributed by atoms with Crippen molar-refractivity contribution in [3.8, 4) is 0 Å².